The molecule has 0 unspecified atom stereocenters. The van der Waals surface area contributed by atoms with Crippen molar-refractivity contribution in [2.45, 2.75) is 31.5 Å². The molecule has 5 nitrogen and oxygen atoms in total. The third-order valence-corrected chi connectivity index (χ3v) is 4.32. The van der Waals surface area contributed by atoms with Crippen molar-refractivity contribution in [2.24, 2.45) is 5.73 Å². The number of rotatable bonds is 2. The number of primary amides is 1. The molecule has 2 atom stereocenters. The first kappa shape index (κ1) is 14.2. The SMILES string of the molecule is NC(=O)c1cc(-c2ncc(F)cc2F)c2c(n1)[C@H]1CC[C@@H](C2)O1. The highest BCUT2D eigenvalue weighted by atomic mass is 19.1. The molecule has 4 rings (SSSR count). The molecule has 2 aliphatic rings. The van der Waals surface area contributed by atoms with Crippen LogP contribution in [0.4, 0.5) is 8.78 Å². The minimum atomic E-state index is -0.785. The summed E-state index contributed by atoms with van der Waals surface area (Å²) in [4.78, 5) is 19.7. The fraction of sp³-hybridized carbons (Fsp3) is 0.312. The molecule has 118 valence electrons. The van der Waals surface area contributed by atoms with Gasteiger partial charge in [-0.1, -0.05) is 0 Å². The molecule has 0 aliphatic carbocycles. The maximum absolute atomic E-state index is 14.2. The molecule has 1 amide bonds. The van der Waals surface area contributed by atoms with Gasteiger partial charge in [0, 0.05) is 18.1 Å². The topological polar surface area (TPSA) is 78.1 Å². The molecule has 2 bridgehead atoms. The number of pyridine rings is 2. The van der Waals surface area contributed by atoms with E-state index < -0.39 is 17.5 Å². The Balaban J connectivity index is 1.97. The first-order valence-electron chi connectivity index (χ1n) is 7.33. The zero-order chi connectivity index (χ0) is 16.1. The first-order valence-corrected chi connectivity index (χ1v) is 7.33. The van der Waals surface area contributed by atoms with Gasteiger partial charge in [0.25, 0.3) is 5.91 Å². The Morgan fingerprint density at radius 3 is 2.87 bits per heavy atom. The maximum atomic E-state index is 14.2. The van der Waals surface area contributed by atoms with Gasteiger partial charge in [0.05, 0.1) is 18.0 Å². The normalized spacial score (nSPS) is 22.0. The smallest absolute Gasteiger partial charge is 0.267 e. The second-order valence-electron chi connectivity index (χ2n) is 5.80. The highest BCUT2D eigenvalue weighted by Crippen LogP contribution is 2.43. The van der Waals surface area contributed by atoms with E-state index in [0.717, 1.165) is 30.7 Å². The number of fused-ring (bicyclic) bond motifs is 4. The number of amides is 1. The predicted octanol–water partition coefficient (Wildman–Crippen LogP) is 2.30. The third-order valence-electron chi connectivity index (χ3n) is 4.32. The number of nitrogens with two attached hydrogens (primary N) is 1. The third kappa shape index (κ3) is 2.28. The molecule has 7 heteroatoms. The average molecular weight is 317 g/mol. The van der Waals surface area contributed by atoms with E-state index >= 15 is 0 Å². The second-order valence-corrected chi connectivity index (χ2v) is 5.80. The molecule has 4 heterocycles. The van der Waals surface area contributed by atoms with Gasteiger partial charge in [-0.25, -0.2) is 13.8 Å². The van der Waals surface area contributed by atoms with Crippen LogP contribution in [0.2, 0.25) is 0 Å². The van der Waals surface area contributed by atoms with E-state index in [0.29, 0.717) is 17.7 Å². The molecule has 23 heavy (non-hydrogen) atoms. The molecule has 0 aromatic carbocycles. The Bertz CT molecular complexity index is 825. The molecule has 1 saturated heterocycles. The first-order chi connectivity index (χ1) is 11.0. The number of aromatic nitrogens is 2. The summed E-state index contributed by atoms with van der Waals surface area (Å²) in [5.41, 5.74) is 7.19. The molecule has 2 aromatic rings. The van der Waals surface area contributed by atoms with Gasteiger partial charge < -0.3 is 10.5 Å². The lowest BCUT2D eigenvalue weighted by Gasteiger charge is -2.25. The van der Waals surface area contributed by atoms with Gasteiger partial charge in [-0.2, -0.15) is 0 Å². The Morgan fingerprint density at radius 1 is 1.30 bits per heavy atom. The molecule has 0 spiro atoms. The van der Waals surface area contributed by atoms with Crippen LogP contribution in [0.1, 0.15) is 40.7 Å². The minimum Gasteiger partial charge on any atom is -0.368 e. The summed E-state index contributed by atoms with van der Waals surface area (Å²) >= 11 is 0. The van der Waals surface area contributed by atoms with E-state index in [1.807, 2.05) is 0 Å². The van der Waals surface area contributed by atoms with Gasteiger partial charge in [0.15, 0.2) is 5.82 Å². The lowest BCUT2D eigenvalue weighted by Crippen LogP contribution is -2.23. The van der Waals surface area contributed by atoms with Gasteiger partial charge in [-0.05, 0) is 24.5 Å². The van der Waals surface area contributed by atoms with Crippen LogP contribution in [0.5, 0.6) is 0 Å². The number of hydrogen-bond acceptors (Lipinski definition) is 4. The Labute approximate surface area is 130 Å². The molecular weight excluding hydrogens is 304 g/mol. The molecule has 0 saturated carbocycles. The van der Waals surface area contributed by atoms with Crippen LogP contribution in [-0.2, 0) is 11.2 Å². The van der Waals surface area contributed by atoms with Crippen molar-refractivity contribution in [1.82, 2.24) is 9.97 Å². The van der Waals surface area contributed by atoms with Crippen LogP contribution in [-0.4, -0.2) is 22.0 Å². The summed E-state index contributed by atoms with van der Waals surface area (Å²) in [6.07, 6.45) is 3.02. The fourth-order valence-electron chi connectivity index (χ4n) is 3.31. The number of halogens is 2. The van der Waals surface area contributed by atoms with Crippen molar-refractivity contribution in [3.8, 4) is 11.3 Å². The van der Waals surface area contributed by atoms with E-state index in [-0.39, 0.29) is 23.6 Å². The number of ether oxygens (including phenoxy) is 1. The van der Waals surface area contributed by atoms with E-state index in [1.165, 1.54) is 6.07 Å². The Kier molecular flexibility index (Phi) is 3.12. The zero-order valence-electron chi connectivity index (χ0n) is 12.1. The number of carbonyl (C=O) groups excluding carboxylic acids is 1. The van der Waals surface area contributed by atoms with E-state index in [2.05, 4.69) is 9.97 Å². The van der Waals surface area contributed by atoms with Crippen LogP contribution in [0.25, 0.3) is 11.3 Å². The van der Waals surface area contributed by atoms with E-state index in [4.69, 9.17) is 10.5 Å². The van der Waals surface area contributed by atoms with Gasteiger partial charge in [-0.15, -0.1) is 0 Å². The quantitative estimate of drug-likeness (QED) is 0.922. The number of carbonyl (C=O) groups is 1. The van der Waals surface area contributed by atoms with Crippen molar-refractivity contribution in [2.75, 3.05) is 0 Å². The van der Waals surface area contributed by atoms with Crippen molar-refractivity contribution in [1.29, 1.82) is 0 Å². The summed E-state index contributed by atoms with van der Waals surface area (Å²) in [5, 5.41) is 0. The molecule has 1 fully saturated rings. The van der Waals surface area contributed by atoms with Crippen molar-refractivity contribution >= 4 is 5.91 Å². The van der Waals surface area contributed by atoms with Gasteiger partial charge in [-0.3, -0.25) is 9.78 Å². The maximum Gasteiger partial charge on any atom is 0.267 e. The Morgan fingerprint density at radius 2 is 2.13 bits per heavy atom. The second kappa shape index (κ2) is 5.06. The summed E-state index contributed by atoms with van der Waals surface area (Å²) < 4.78 is 33.1. The van der Waals surface area contributed by atoms with E-state index in [1.54, 1.807) is 0 Å². The van der Waals surface area contributed by atoms with Gasteiger partial charge >= 0.3 is 0 Å². The number of nitrogens with zero attached hydrogens (tertiary/aromatic N) is 2. The van der Waals surface area contributed by atoms with Crippen LogP contribution < -0.4 is 5.73 Å². The molecule has 0 radical (unpaired) electrons. The lowest BCUT2D eigenvalue weighted by molar-refractivity contribution is 0.0295. The molecule has 2 aromatic heterocycles. The van der Waals surface area contributed by atoms with E-state index in [9.17, 15) is 13.6 Å². The average Bonchev–Trinajstić information content (AvgIpc) is 2.89. The molecular formula is C16H13F2N3O2. The minimum absolute atomic E-state index is 0.00569. The van der Waals surface area contributed by atoms with Gasteiger partial charge in [0.1, 0.15) is 23.3 Å². The molecule has 2 N–H and O–H groups in total. The van der Waals surface area contributed by atoms with Crippen LogP contribution >= 0.6 is 0 Å². The standard InChI is InChI=1S/C16H13F2N3O2/c17-7-3-11(18)14(20-6-7)10-5-12(16(19)22)21-15-9(10)4-8-1-2-13(15)23-8/h3,5-6,8,13H,1-2,4H2,(H2,19,22)/t8-,13+/m0/s1. The van der Waals surface area contributed by atoms with Crippen LogP contribution in [0.15, 0.2) is 18.3 Å². The summed E-state index contributed by atoms with van der Waals surface area (Å²) in [7, 11) is 0. The van der Waals surface area contributed by atoms with Crippen molar-refractivity contribution < 1.29 is 18.3 Å². The summed E-state index contributed by atoms with van der Waals surface area (Å²) in [6.45, 7) is 0. The number of hydrogen-bond donors (Lipinski definition) is 1. The predicted molar refractivity (Wildman–Crippen MR) is 76.5 cm³/mol. The fourth-order valence-corrected chi connectivity index (χ4v) is 3.31. The van der Waals surface area contributed by atoms with Crippen LogP contribution in [0, 0.1) is 11.6 Å². The summed E-state index contributed by atoms with van der Waals surface area (Å²) in [6, 6.07) is 2.20. The van der Waals surface area contributed by atoms with Crippen molar-refractivity contribution in [3.63, 3.8) is 0 Å². The van der Waals surface area contributed by atoms with Crippen LogP contribution in [0.3, 0.4) is 0 Å². The monoisotopic (exact) mass is 317 g/mol. The highest BCUT2D eigenvalue weighted by molar-refractivity contribution is 5.92. The largest absolute Gasteiger partial charge is 0.368 e. The summed E-state index contributed by atoms with van der Waals surface area (Å²) in [5.74, 6) is -2.25. The van der Waals surface area contributed by atoms with Gasteiger partial charge in [0.2, 0.25) is 0 Å². The zero-order valence-corrected chi connectivity index (χ0v) is 12.1. The highest BCUT2D eigenvalue weighted by Gasteiger charge is 2.37. The molecule has 2 aliphatic heterocycles. The lowest BCUT2D eigenvalue weighted by atomic mass is 9.94. The van der Waals surface area contributed by atoms with Crippen molar-refractivity contribution in [3.05, 3.63) is 46.9 Å². The Hall–Kier alpha value is -2.41.